The molecule has 1 amide bonds. The van der Waals surface area contributed by atoms with Crippen molar-refractivity contribution in [1.82, 2.24) is 10.8 Å². The first-order valence-corrected chi connectivity index (χ1v) is 8.86. The number of nitrogens with one attached hydrogen (secondary N) is 2. The molecule has 0 atom stereocenters. The minimum absolute atomic E-state index is 0.0358. The molecule has 3 N–H and O–H groups in total. The van der Waals surface area contributed by atoms with Crippen molar-refractivity contribution in [1.29, 1.82) is 0 Å². The Labute approximate surface area is 160 Å². The second-order valence-electron chi connectivity index (χ2n) is 6.24. The van der Waals surface area contributed by atoms with Crippen LogP contribution in [-0.4, -0.2) is 17.7 Å². The van der Waals surface area contributed by atoms with Crippen LogP contribution in [-0.2, 0) is 6.54 Å². The lowest BCUT2D eigenvalue weighted by Crippen LogP contribution is -2.17. The number of carbonyl (C=O) groups is 1. The van der Waals surface area contributed by atoms with Gasteiger partial charge in [-0.2, -0.15) is 0 Å². The van der Waals surface area contributed by atoms with Gasteiger partial charge in [-0.25, -0.2) is 5.48 Å². The molecule has 27 heavy (non-hydrogen) atoms. The zero-order chi connectivity index (χ0) is 19.6. The van der Waals surface area contributed by atoms with Gasteiger partial charge in [0.25, 0.3) is 0 Å². The van der Waals surface area contributed by atoms with E-state index in [4.69, 9.17) is 9.62 Å². The number of allylic oxidation sites excluding steroid dienone is 4. The number of carbonyl (C=O) groups excluding carboxylic acids is 1. The van der Waals surface area contributed by atoms with E-state index in [1.54, 1.807) is 6.07 Å². The lowest BCUT2D eigenvalue weighted by molar-refractivity contribution is 0.0675. The van der Waals surface area contributed by atoms with Crippen LogP contribution < -0.4 is 10.8 Å². The summed E-state index contributed by atoms with van der Waals surface area (Å²) < 4.78 is 5.37. The molecule has 142 valence electrons. The first-order valence-electron chi connectivity index (χ1n) is 8.86. The average Bonchev–Trinajstić information content (AvgIpc) is 3.18. The van der Waals surface area contributed by atoms with Gasteiger partial charge < -0.3 is 9.73 Å². The molecule has 0 fully saturated rings. The molecule has 5 nitrogen and oxygen atoms in total. The Bertz CT molecular complexity index is 829. The molecule has 0 aliphatic heterocycles. The van der Waals surface area contributed by atoms with Crippen molar-refractivity contribution in [3.63, 3.8) is 0 Å². The van der Waals surface area contributed by atoms with Crippen molar-refractivity contribution >= 4 is 11.5 Å². The van der Waals surface area contributed by atoms with Gasteiger partial charge in [-0.15, -0.1) is 0 Å². The highest BCUT2D eigenvalue weighted by Crippen LogP contribution is 2.18. The van der Waals surface area contributed by atoms with E-state index in [1.165, 1.54) is 28.2 Å². The Kier molecular flexibility index (Phi) is 7.79. The molecule has 0 spiro atoms. The van der Waals surface area contributed by atoms with E-state index in [0.717, 1.165) is 19.5 Å². The predicted molar refractivity (Wildman–Crippen MR) is 107 cm³/mol. The Morgan fingerprint density at radius 1 is 1.15 bits per heavy atom. The number of furan rings is 1. The van der Waals surface area contributed by atoms with Crippen LogP contribution in [0.2, 0.25) is 0 Å². The number of rotatable bonds is 9. The summed E-state index contributed by atoms with van der Waals surface area (Å²) in [5.74, 6) is -0.168. The fraction of sp³-hybridized carbons (Fsp3) is 0.227. The van der Waals surface area contributed by atoms with Crippen molar-refractivity contribution in [2.75, 3.05) is 6.54 Å². The second kappa shape index (κ2) is 10.3. The summed E-state index contributed by atoms with van der Waals surface area (Å²) in [5.41, 5.74) is 5.90. The standard InChI is InChI=1S/C22H26N2O3/c1-4-18(13-14-23-15-19-8-5-16(2)6-9-19)10-7-17(3)20-11-12-21(27-20)22(25)24-26/h4-12,23,26H,3,13-15H2,1-2H3,(H,24,25)/b10-7-,18-4+. The highest BCUT2D eigenvalue weighted by Gasteiger charge is 2.10. The van der Waals surface area contributed by atoms with Crippen LogP contribution in [0.15, 0.2) is 71.2 Å². The molecule has 0 saturated heterocycles. The van der Waals surface area contributed by atoms with Gasteiger partial charge in [0, 0.05) is 12.1 Å². The highest BCUT2D eigenvalue weighted by molar-refractivity contribution is 5.91. The van der Waals surface area contributed by atoms with Crippen molar-refractivity contribution in [2.24, 2.45) is 0 Å². The fourth-order valence-electron chi connectivity index (χ4n) is 2.47. The van der Waals surface area contributed by atoms with Gasteiger partial charge >= 0.3 is 5.91 Å². The maximum absolute atomic E-state index is 11.3. The first-order chi connectivity index (χ1) is 13.0. The molecular weight excluding hydrogens is 340 g/mol. The summed E-state index contributed by atoms with van der Waals surface area (Å²) in [4.78, 5) is 11.3. The van der Waals surface area contributed by atoms with Crippen molar-refractivity contribution in [3.05, 3.63) is 89.4 Å². The smallest absolute Gasteiger partial charge is 0.310 e. The monoisotopic (exact) mass is 366 g/mol. The molecule has 2 rings (SSSR count). The van der Waals surface area contributed by atoms with Crippen LogP contribution in [0.1, 0.15) is 40.8 Å². The van der Waals surface area contributed by atoms with E-state index in [9.17, 15) is 4.79 Å². The van der Waals surface area contributed by atoms with Crippen LogP contribution in [0, 0.1) is 6.92 Å². The Balaban J connectivity index is 1.81. The quantitative estimate of drug-likeness (QED) is 0.266. The van der Waals surface area contributed by atoms with Crippen LogP contribution in [0.25, 0.3) is 5.57 Å². The summed E-state index contributed by atoms with van der Waals surface area (Å²) in [7, 11) is 0. The topological polar surface area (TPSA) is 74.5 Å². The zero-order valence-electron chi connectivity index (χ0n) is 15.8. The third kappa shape index (κ3) is 6.40. The molecule has 1 aromatic heterocycles. The number of amides is 1. The van der Waals surface area contributed by atoms with Gasteiger partial charge in [-0.3, -0.25) is 10.0 Å². The van der Waals surface area contributed by atoms with Gasteiger partial charge in [0.2, 0.25) is 0 Å². The summed E-state index contributed by atoms with van der Waals surface area (Å²) >= 11 is 0. The summed E-state index contributed by atoms with van der Waals surface area (Å²) in [6.45, 7) is 9.75. The van der Waals surface area contributed by atoms with E-state index in [-0.39, 0.29) is 5.76 Å². The Morgan fingerprint density at radius 3 is 2.52 bits per heavy atom. The molecular formula is C22H26N2O3. The van der Waals surface area contributed by atoms with Crippen LogP contribution in [0.5, 0.6) is 0 Å². The molecule has 0 aliphatic rings. The second-order valence-corrected chi connectivity index (χ2v) is 6.24. The number of hydrogen-bond donors (Lipinski definition) is 3. The normalized spacial score (nSPS) is 11.7. The SMILES string of the molecule is C=C(/C=C\C(=C/C)CCNCc1ccc(C)cc1)c1ccc(C(=O)NO)o1. The van der Waals surface area contributed by atoms with E-state index < -0.39 is 5.91 Å². The predicted octanol–water partition coefficient (Wildman–Crippen LogP) is 4.40. The summed E-state index contributed by atoms with van der Waals surface area (Å²) in [5, 5.41) is 12.1. The number of aryl methyl sites for hydroxylation is 1. The van der Waals surface area contributed by atoms with Crippen molar-refractivity contribution in [3.8, 4) is 0 Å². The van der Waals surface area contributed by atoms with Gasteiger partial charge in [-0.05, 0) is 44.5 Å². The van der Waals surface area contributed by atoms with Gasteiger partial charge in [-0.1, -0.05) is 60.2 Å². The number of hydrogen-bond acceptors (Lipinski definition) is 4. The summed E-state index contributed by atoms with van der Waals surface area (Å²) in [6, 6.07) is 11.6. The summed E-state index contributed by atoms with van der Waals surface area (Å²) in [6.07, 6.45) is 6.80. The third-order valence-electron chi connectivity index (χ3n) is 4.16. The van der Waals surface area contributed by atoms with Crippen molar-refractivity contribution in [2.45, 2.75) is 26.8 Å². The molecule has 0 aliphatic carbocycles. The van der Waals surface area contributed by atoms with E-state index in [1.807, 2.05) is 19.1 Å². The minimum atomic E-state index is -0.688. The molecule has 1 heterocycles. The lowest BCUT2D eigenvalue weighted by Gasteiger charge is -2.06. The zero-order valence-corrected chi connectivity index (χ0v) is 15.8. The van der Waals surface area contributed by atoms with Crippen molar-refractivity contribution < 1.29 is 14.4 Å². The van der Waals surface area contributed by atoms with Gasteiger partial charge in [0.1, 0.15) is 5.76 Å². The molecule has 2 aromatic rings. The third-order valence-corrected chi connectivity index (χ3v) is 4.16. The Morgan fingerprint density at radius 2 is 1.85 bits per heavy atom. The molecule has 1 aromatic carbocycles. The molecule has 0 bridgehead atoms. The number of hydroxylamine groups is 1. The maximum atomic E-state index is 11.3. The Hall–Kier alpha value is -2.89. The largest absolute Gasteiger partial charge is 0.451 e. The molecule has 0 radical (unpaired) electrons. The molecule has 5 heteroatoms. The molecule has 0 saturated carbocycles. The average molecular weight is 366 g/mol. The lowest BCUT2D eigenvalue weighted by atomic mass is 10.1. The maximum Gasteiger partial charge on any atom is 0.310 e. The van der Waals surface area contributed by atoms with E-state index >= 15 is 0 Å². The van der Waals surface area contributed by atoms with Gasteiger partial charge in [0.05, 0.1) is 0 Å². The fourth-order valence-corrected chi connectivity index (χ4v) is 2.47. The number of benzene rings is 1. The highest BCUT2D eigenvalue weighted by atomic mass is 16.5. The van der Waals surface area contributed by atoms with Crippen LogP contribution in [0.3, 0.4) is 0 Å². The van der Waals surface area contributed by atoms with Crippen LogP contribution >= 0.6 is 0 Å². The van der Waals surface area contributed by atoms with Crippen LogP contribution in [0.4, 0.5) is 0 Å². The minimum Gasteiger partial charge on any atom is -0.451 e. The van der Waals surface area contributed by atoms with E-state index in [2.05, 4.69) is 49.2 Å². The molecule has 0 unspecified atom stereocenters. The first kappa shape index (κ1) is 20.4. The van der Waals surface area contributed by atoms with Gasteiger partial charge in [0.15, 0.2) is 5.76 Å². The van der Waals surface area contributed by atoms with E-state index in [0.29, 0.717) is 11.3 Å².